The number of rotatable bonds is 0. The molecule has 1 aromatic rings. The standard InChI is InChI=1S/C11H13ClFN/c1-11(13)5-6-14-10-8(7-11)3-2-4-9(10)12/h2-4,14H,5-7H2,1H3. The first kappa shape index (κ1) is 9.78. The van der Waals surface area contributed by atoms with Crippen LogP contribution in [-0.2, 0) is 6.42 Å². The van der Waals surface area contributed by atoms with E-state index in [9.17, 15) is 4.39 Å². The Morgan fingerprint density at radius 2 is 2.29 bits per heavy atom. The summed E-state index contributed by atoms with van der Waals surface area (Å²) >= 11 is 6.02. The third-order valence-corrected chi connectivity index (χ3v) is 2.92. The average molecular weight is 214 g/mol. The van der Waals surface area contributed by atoms with Gasteiger partial charge in [-0.1, -0.05) is 23.7 Å². The average Bonchev–Trinajstić information content (AvgIpc) is 2.23. The highest BCUT2D eigenvalue weighted by molar-refractivity contribution is 6.33. The fraction of sp³-hybridized carbons (Fsp3) is 0.455. The van der Waals surface area contributed by atoms with Crippen LogP contribution in [0.2, 0.25) is 5.02 Å². The lowest BCUT2D eigenvalue weighted by atomic mass is 9.96. The lowest BCUT2D eigenvalue weighted by Gasteiger charge is -2.16. The van der Waals surface area contributed by atoms with Gasteiger partial charge in [-0.2, -0.15) is 0 Å². The van der Waals surface area contributed by atoms with E-state index in [0.29, 0.717) is 24.4 Å². The molecular formula is C11H13ClFN. The summed E-state index contributed by atoms with van der Waals surface area (Å²) in [6.45, 7) is 2.29. The van der Waals surface area contributed by atoms with Crippen LogP contribution in [0.3, 0.4) is 0 Å². The van der Waals surface area contributed by atoms with Crippen LogP contribution in [0.25, 0.3) is 0 Å². The maximum atomic E-state index is 13.9. The van der Waals surface area contributed by atoms with Crippen molar-refractivity contribution < 1.29 is 4.39 Å². The van der Waals surface area contributed by atoms with Crippen molar-refractivity contribution in [3.8, 4) is 0 Å². The Kier molecular flexibility index (Phi) is 2.40. The van der Waals surface area contributed by atoms with Crippen LogP contribution in [0.4, 0.5) is 10.1 Å². The van der Waals surface area contributed by atoms with Crippen molar-refractivity contribution in [2.75, 3.05) is 11.9 Å². The van der Waals surface area contributed by atoms with Crippen LogP contribution in [0, 0.1) is 0 Å². The maximum absolute atomic E-state index is 13.9. The van der Waals surface area contributed by atoms with E-state index in [2.05, 4.69) is 5.32 Å². The van der Waals surface area contributed by atoms with Gasteiger partial charge in [0.2, 0.25) is 0 Å². The van der Waals surface area contributed by atoms with E-state index in [-0.39, 0.29) is 0 Å². The van der Waals surface area contributed by atoms with Gasteiger partial charge in [-0.25, -0.2) is 4.39 Å². The summed E-state index contributed by atoms with van der Waals surface area (Å²) in [4.78, 5) is 0. The quantitative estimate of drug-likeness (QED) is 0.696. The Hall–Kier alpha value is -0.760. The molecule has 1 aromatic carbocycles. The van der Waals surface area contributed by atoms with Crippen molar-refractivity contribution in [2.45, 2.75) is 25.4 Å². The van der Waals surface area contributed by atoms with Crippen molar-refractivity contribution in [1.82, 2.24) is 0 Å². The van der Waals surface area contributed by atoms with Crippen molar-refractivity contribution in [3.63, 3.8) is 0 Å². The topological polar surface area (TPSA) is 12.0 Å². The number of halogens is 2. The predicted octanol–water partition coefficient (Wildman–Crippen LogP) is 3.43. The van der Waals surface area contributed by atoms with Crippen molar-refractivity contribution in [2.24, 2.45) is 0 Å². The molecule has 0 aromatic heterocycles. The minimum atomic E-state index is -1.12. The summed E-state index contributed by atoms with van der Waals surface area (Å²) in [6, 6.07) is 5.62. The molecule has 1 atom stereocenters. The van der Waals surface area contributed by atoms with Gasteiger partial charge in [-0.05, 0) is 25.0 Å². The summed E-state index contributed by atoms with van der Waals surface area (Å²) < 4.78 is 13.9. The van der Waals surface area contributed by atoms with E-state index in [1.807, 2.05) is 18.2 Å². The summed E-state index contributed by atoms with van der Waals surface area (Å²) in [5.41, 5.74) is 0.749. The van der Waals surface area contributed by atoms with Crippen molar-refractivity contribution >= 4 is 17.3 Å². The molecule has 3 heteroatoms. The number of hydrogen-bond donors (Lipinski definition) is 1. The van der Waals surface area contributed by atoms with Crippen molar-refractivity contribution in [1.29, 1.82) is 0 Å². The molecular weight excluding hydrogens is 201 g/mol. The Balaban J connectivity index is 2.42. The molecule has 0 spiro atoms. The molecule has 0 bridgehead atoms. The highest BCUT2D eigenvalue weighted by atomic mass is 35.5. The molecule has 76 valence electrons. The monoisotopic (exact) mass is 213 g/mol. The van der Waals surface area contributed by atoms with Gasteiger partial charge >= 0.3 is 0 Å². The maximum Gasteiger partial charge on any atom is 0.114 e. The van der Waals surface area contributed by atoms with Crippen LogP contribution >= 0.6 is 11.6 Å². The molecule has 1 aliphatic heterocycles. The minimum absolute atomic E-state index is 0.440. The molecule has 0 saturated carbocycles. The van der Waals surface area contributed by atoms with Crippen LogP contribution in [-0.4, -0.2) is 12.2 Å². The highest BCUT2D eigenvalue weighted by Crippen LogP contribution is 2.33. The number of anilines is 1. The molecule has 1 nitrogen and oxygen atoms in total. The Labute approximate surface area is 88.3 Å². The smallest absolute Gasteiger partial charge is 0.114 e. The van der Waals surface area contributed by atoms with Crippen LogP contribution in [0.5, 0.6) is 0 Å². The summed E-state index contributed by atoms with van der Waals surface area (Å²) in [6.07, 6.45) is 0.966. The van der Waals surface area contributed by atoms with Crippen molar-refractivity contribution in [3.05, 3.63) is 28.8 Å². The Bertz CT molecular complexity index is 349. The SMILES string of the molecule is CC1(F)CCNc2c(Cl)cccc2C1. The third-order valence-electron chi connectivity index (χ3n) is 2.61. The molecule has 0 saturated heterocycles. The van der Waals surface area contributed by atoms with E-state index in [1.165, 1.54) is 0 Å². The Morgan fingerprint density at radius 3 is 3.07 bits per heavy atom. The highest BCUT2D eigenvalue weighted by Gasteiger charge is 2.27. The lowest BCUT2D eigenvalue weighted by molar-refractivity contribution is 0.183. The zero-order chi connectivity index (χ0) is 10.2. The molecule has 14 heavy (non-hydrogen) atoms. The van der Waals surface area contributed by atoms with Gasteiger partial charge in [0.15, 0.2) is 0 Å². The van der Waals surface area contributed by atoms with E-state index in [0.717, 1.165) is 11.3 Å². The molecule has 0 radical (unpaired) electrons. The first-order valence-electron chi connectivity index (χ1n) is 4.79. The van der Waals surface area contributed by atoms with Gasteiger partial charge in [0.05, 0.1) is 10.7 Å². The fourth-order valence-electron chi connectivity index (χ4n) is 1.85. The third kappa shape index (κ3) is 1.85. The second-order valence-electron chi connectivity index (χ2n) is 4.04. The van der Waals surface area contributed by atoms with E-state index in [1.54, 1.807) is 6.92 Å². The first-order chi connectivity index (χ1) is 6.58. The molecule has 0 fully saturated rings. The van der Waals surface area contributed by atoms with Gasteiger partial charge in [-0.3, -0.25) is 0 Å². The number of nitrogens with one attached hydrogen (secondary N) is 1. The Morgan fingerprint density at radius 1 is 1.50 bits per heavy atom. The van der Waals surface area contributed by atoms with Gasteiger partial charge in [0.1, 0.15) is 5.67 Å². The summed E-state index contributed by atoms with van der Waals surface area (Å²) in [7, 11) is 0. The molecule has 1 unspecified atom stereocenters. The van der Waals surface area contributed by atoms with Crippen LogP contribution in [0.15, 0.2) is 18.2 Å². The van der Waals surface area contributed by atoms with E-state index < -0.39 is 5.67 Å². The largest absolute Gasteiger partial charge is 0.383 e. The molecule has 1 aliphatic rings. The van der Waals surface area contributed by atoms with Crippen LogP contribution < -0.4 is 5.32 Å². The summed E-state index contributed by atoms with van der Waals surface area (Å²) in [5, 5.41) is 3.86. The van der Waals surface area contributed by atoms with E-state index >= 15 is 0 Å². The second-order valence-corrected chi connectivity index (χ2v) is 4.45. The van der Waals surface area contributed by atoms with Crippen LogP contribution in [0.1, 0.15) is 18.9 Å². The summed E-state index contributed by atoms with van der Waals surface area (Å²) in [5.74, 6) is 0. The molecule has 0 amide bonds. The molecule has 1 heterocycles. The number of alkyl halides is 1. The zero-order valence-electron chi connectivity index (χ0n) is 8.11. The predicted molar refractivity (Wildman–Crippen MR) is 57.8 cm³/mol. The molecule has 2 rings (SSSR count). The number of para-hydroxylation sites is 1. The lowest BCUT2D eigenvalue weighted by Crippen LogP contribution is -2.21. The minimum Gasteiger partial charge on any atom is -0.383 e. The van der Waals surface area contributed by atoms with Gasteiger partial charge in [0.25, 0.3) is 0 Å². The fourth-order valence-corrected chi connectivity index (χ4v) is 2.11. The molecule has 1 N–H and O–H groups in total. The number of hydrogen-bond acceptors (Lipinski definition) is 1. The first-order valence-corrected chi connectivity index (χ1v) is 5.16. The molecule has 0 aliphatic carbocycles. The van der Waals surface area contributed by atoms with Gasteiger partial charge in [0, 0.05) is 13.0 Å². The van der Waals surface area contributed by atoms with Gasteiger partial charge < -0.3 is 5.32 Å². The number of benzene rings is 1. The van der Waals surface area contributed by atoms with E-state index in [4.69, 9.17) is 11.6 Å². The normalized spacial score (nSPS) is 26.2. The van der Waals surface area contributed by atoms with Gasteiger partial charge in [-0.15, -0.1) is 0 Å². The zero-order valence-corrected chi connectivity index (χ0v) is 8.87. The second kappa shape index (κ2) is 3.43. The number of fused-ring (bicyclic) bond motifs is 1.